The molecule has 2 bridgehead atoms. The highest BCUT2D eigenvalue weighted by Gasteiger charge is 2.55. The summed E-state index contributed by atoms with van der Waals surface area (Å²) < 4.78 is 39.5. The van der Waals surface area contributed by atoms with Crippen LogP contribution in [0.1, 0.15) is 55.2 Å². The van der Waals surface area contributed by atoms with Gasteiger partial charge in [-0.05, 0) is 81.2 Å². The van der Waals surface area contributed by atoms with Crippen molar-refractivity contribution in [1.82, 2.24) is 5.32 Å². The molecule has 0 aliphatic heterocycles. The number of nitrogens with one attached hydrogen (secondary N) is 1. The van der Waals surface area contributed by atoms with E-state index in [9.17, 15) is 13.6 Å². The van der Waals surface area contributed by atoms with E-state index in [1.165, 1.54) is 12.1 Å². The molecule has 5 rings (SSSR count). The quantitative estimate of drug-likeness (QED) is 0.575. The maximum Gasteiger partial charge on any atom is 0.220 e. The predicted molar refractivity (Wildman–Crippen MR) is 123 cm³/mol. The third-order valence-corrected chi connectivity index (χ3v) is 7.68. The van der Waals surface area contributed by atoms with Crippen LogP contribution in [0.3, 0.4) is 0 Å². The van der Waals surface area contributed by atoms with Gasteiger partial charge < -0.3 is 14.8 Å². The van der Waals surface area contributed by atoms with Crippen LogP contribution in [0.25, 0.3) is 0 Å². The fourth-order valence-electron chi connectivity index (χ4n) is 5.35. The SMILES string of the molecule is COC1CC2(COc3ccc(C)c(F)c3)CCC1(NC(=O)CCc1ccc(C)c(F)c1)CC2. The minimum Gasteiger partial charge on any atom is -0.493 e. The van der Waals surface area contributed by atoms with Crippen LogP contribution in [-0.2, 0) is 16.0 Å². The highest BCUT2D eigenvalue weighted by atomic mass is 19.1. The molecule has 3 saturated carbocycles. The highest BCUT2D eigenvalue weighted by molar-refractivity contribution is 5.77. The van der Waals surface area contributed by atoms with Gasteiger partial charge in [0.1, 0.15) is 17.4 Å². The summed E-state index contributed by atoms with van der Waals surface area (Å²) in [5.41, 5.74) is 1.62. The van der Waals surface area contributed by atoms with Gasteiger partial charge in [0.15, 0.2) is 0 Å². The zero-order chi connectivity index (χ0) is 23.6. The lowest BCUT2D eigenvalue weighted by Crippen LogP contribution is -2.66. The Labute approximate surface area is 194 Å². The Hall–Kier alpha value is -2.47. The van der Waals surface area contributed by atoms with E-state index in [4.69, 9.17) is 9.47 Å². The molecule has 0 saturated heterocycles. The normalized spacial score (nSPS) is 26.3. The lowest BCUT2D eigenvalue weighted by atomic mass is 9.56. The third kappa shape index (κ3) is 5.06. The Balaban J connectivity index is 1.35. The van der Waals surface area contributed by atoms with Crippen LogP contribution in [0.4, 0.5) is 8.78 Å². The van der Waals surface area contributed by atoms with Gasteiger partial charge in [-0.2, -0.15) is 0 Å². The molecule has 0 aromatic heterocycles. The highest BCUT2D eigenvalue weighted by Crippen LogP contribution is 2.53. The number of hydrogen-bond donors (Lipinski definition) is 1. The van der Waals surface area contributed by atoms with Crippen molar-refractivity contribution in [2.45, 2.75) is 70.4 Å². The third-order valence-electron chi connectivity index (χ3n) is 7.68. The van der Waals surface area contributed by atoms with Crippen LogP contribution in [0.2, 0.25) is 0 Å². The van der Waals surface area contributed by atoms with E-state index in [-0.39, 0.29) is 34.6 Å². The van der Waals surface area contributed by atoms with Gasteiger partial charge in [-0.15, -0.1) is 0 Å². The van der Waals surface area contributed by atoms with Crippen LogP contribution >= 0.6 is 0 Å². The minimum absolute atomic E-state index is 0.0289. The zero-order valence-corrected chi connectivity index (χ0v) is 19.7. The van der Waals surface area contributed by atoms with Crippen molar-refractivity contribution in [3.05, 3.63) is 64.7 Å². The maximum absolute atomic E-state index is 13.9. The van der Waals surface area contributed by atoms with Crippen LogP contribution < -0.4 is 10.1 Å². The average Bonchev–Trinajstić information content (AvgIpc) is 2.81. The van der Waals surface area contributed by atoms with E-state index in [1.54, 1.807) is 39.2 Å². The maximum atomic E-state index is 13.9. The molecular weight excluding hydrogens is 424 g/mol. The first-order chi connectivity index (χ1) is 15.7. The first-order valence-corrected chi connectivity index (χ1v) is 11.7. The van der Waals surface area contributed by atoms with Gasteiger partial charge in [-0.1, -0.05) is 18.2 Å². The Morgan fingerprint density at radius 1 is 1.03 bits per heavy atom. The number of carbonyl (C=O) groups is 1. The van der Waals surface area contributed by atoms with Crippen molar-refractivity contribution in [3.8, 4) is 5.75 Å². The summed E-state index contributed by atoms with van der Waals surface area (Å²) in [6, 6.07) is 10.1. The lowest BCUT2D eigenvalue weighted by molar-refractivity contribution is -0.139. The average molecular weight is 458 g/mol. The van der Waals surface area contributed by atoms with Gasteiger partial charge in [0.05, 0.1) is 18.2 Å². The van der Waals surface area contributed by atoms with Gasteiger partial charge in [-0.3, -0.25) is 4.79 Å². The number of amides is 1. The summed E-state index contributed by atoms with van der Waals surface area (Å²) in [5.74, 6) is 0.0168. The first-order valence-electron chi connectivity index (χ1n) is 11.7. The molecule has 2 aromatic carbocycles. The number of fused-ring (bicyclic) bond motifs is 3. The molecule has 3 aliphatic rings. The van der Waals surface area contributed by atoms with Gasteiger partial charge in [-0.25, -0.2) is 8.78 Å². The van der Waals surface area contributed by atoms with E-state index < -0.39 is 0 Å². The number of hydrogen-bond acceptors (Lipinski definition) is 3. The molecule has 0 heterocycles. The van der Waals surface area contributed by atoms with E-state index in [1.807, 2.05) is 6.07 Å². The number of benzene rings is 2. The van der Waals surface area contributed by atoms with Gasteiger partial charge in [0.25, 0.3) is 0 Å². The molecule has 178 valence electrons. The molecule has 0 radical (unpaired) electrons. The summed E-state index contributed by atoms with van der Waals surface area (Å²) in [6.45, 7) is 3.97. The summed E-state index contributed by atoms with van der Waals surface area (Å²) in [7, 11) is 1.69. The monoisotopic (exact) mass is 457 g/mol. The van der Waals surface area contributed by atoms with E-state index in [0.29, 0.717) is 36.3 Å². The Morgan fingerprint density at radius 3 is 2.33 bits per heavy atom. The summed E-state index contributed by atoms with van der Waals surface area (Å²) in [4.78, 5) is 12.8. The Kier molecular flexibility index (Phi) is 6.76. The largest absolute Gasteiger partial charge is 0.493 e. The number of carbonyl (C=O) groups excluding carboxylic acids is 1. The van der Waals surface area contributed by atoms with Crippen molar-refractivity contribution in [2.75, 3.05) is 13.7 Å². The van der Waals surface area contributed by atoms with Gasteiger partial charge in [0, 0.05) is 25.0 Å². The number of aryl methyl sites for hydroxylation is 3. The number of halogens is 2. The fraction of sp³-hybridized carbons (Fsp3) is 0.519. The fourth-order valence-corrected chi connectivity index (χ4v) is 5.35. The predicted octanol–water partition coefficient (Wildman–Crippen LogP) is 5.43. The van der Waals surface area contributed by atoms with E-state index >= 15 is 0 Å². The van der Waals surface area contributed by atoms with Crippen molar-refractivity contribution < 1.29 is 23.0 Å². The molecule has 1 unspecified atom stereocenters. The molecule has 0 spiro atoms. The van der Waals surface area contributed by atoms with E-state index in [2.05, 4.69) is 5.32 Å². The molecule has 2 aromatic rings. The van der Waals surface area contributed by atoms with Crippen molar-refractivity contribution in [3.63, 3.8) is 0 Å². The molecular formula is C27H33F2NO3. The minimum atomic E-state index is -0.373. The second kappa shape index (κ2) is 9.41. The van der Waals surface area contributed by atoms with Crippen LogP contribution in [0.15, 0.2) is 36.4 Å². The smallest absolute Gasteiger partial charge is 0.220 e. The molecule has 3 aliphatic carbocycles. The standard InChI is InChI=1S/C27H33F2NO3/c1-18-4-6-20(14-22(18)28)7-9-25(31)30-27-12-10-26(11-13-27,16-24(27)32-3)17-33-21-8-5-19(2)23(29)15-21/h4-6,8,14-15,24H,7,9-13,16-17H2,1-3H3,(H,30,31). The summed E-state index contributed by atoms with van der Waals surface area (Å²) in [5, 5.41) is 3.27. The second-order valence-corrected chi connectivity index (χ2v) is 9.92. The topological polar surface area (TPSA) is 47.6 Å². The Morgan fingerprint density at radius 2 is 1.70 bits per heavy atom. The van der Waals surface area contributed by atoms with Crippen LogP contribution in [0.5, 0.6) is 5.75 Å². The van der Waals surface area contributed by atoms with Crippen molar-refractivity contribution in [2.24, 2.45) is 5.41 Å². The molecule has 1 atom stereocenters. The molecule has 4 nitrogen and oxygen atoms in total. The van der Waals surface area contributed by atoms with Crippen LogP contribution in [0, 0.1) is 30.9 Å². The van der Waals surface area contributed by atoms with Crippen LogP contribution in [-0.4, -0.2) is 31.3 Å². The van der Waals surface area contributed by atoms with Gasteiger partial charge >= 0.3 is 0 Å². The molecule has 3 fully saturated rings. The number of rotatable bonds is 8. The Bertz CT molecular complexity index is 1010. The summed E-state index contributed by atoms with van der Waals surface area (Å²) >= 11 is 0. The number of ether oxygens (including phenoxy) is 2. The number of methoxy groups -OCH3 is 1. The lowest BCUT2D eigenvalue weighted by Gasteiger charge is -2.57. The second-order valence-electron chi connectivity index (χ2n) is 9.92. The molecule has 1 N–H and O–H groups in total. The van der Waals surface area contributed by atoms with E-state index in [0.717, 1.165) is 37.7 Å². The summed E-state index contributed by atoms with van der Waals surface area (Å²) in [6.07, 6.45) is 5.00. The van der Waals surface area contributed by atoms with Crippen molar-refractivity contribution >= 4 is 5.91 Å². The molecule has 33 heavy (non-hydrogen) atoms. The molecule has 1 amide bonds. The first kappa shape index (κ1) is 23.7. The molecule has 6 heteroatoms. The zero-order valence-electron chi connectivity index (χ0n) is 19.7. The van der Waals surface area contributed by atoms with Gasteiger partial charge in [0.2, 0.25) is 5.91 Å². The van der Waals surface area contributed by atoms with Crippen molar-refractivity contribution in [1.29, 1.82) is 0 Å².